The number of carbonyl (C=O) groups excluding carboxylic acids is 1. The first-order chi connectivity index (χ1) is 9.20. The molecule has 1 amide bonds. The number of piperidine rings is 1. The van der Waals surface area contributed by atoms with Crippen molar-refractivity contribution in [3.05, 3.63) is 29.6 Å². The van der Waals surface area contributed by atoms with Crippen LogP contribution in [0.25, 0.3) is 0 Å². The molecule has 2 rings (SSSR count). The van der Waals surface area contributed by atoms with Gasteiger partial charge in [-0.15, -0.1) is 0 Å². The summed E-state index contributed by atoms with van der Waals surface area (Å²) >= 11 is 0. The van der Waals surface area contributed by atoms with Crippen LogP contribution in [0.1, 0.15) is 35.9 Å². The molecule has 0 aliphatic carbocycles. The molecule has 1 N–H and O–H groups in total. The molecule has 0 aromatic carbocycles. The number of nitrogens with zero attached hydrogens (tertiary/aromatic N) is 2. The molecule has 0 bridgehead atoms. The monoisotopic (exact) mass is 261 g/mol. The van der Waals surface area contributed by atoms with Gasteiger partial charge < -0.3 is 10.2 Å². The van der Waals surface area contributed by atoms with Gasteiger partial charge in [-0.1, -0.05) is 6.07 Å². The smallest absolute Gasteiger partial charge is 0.272 e. The fourth-order valence-corrected chi connectivity index (χ4v) is 2.57. The third-order valence-corrected chi connectivity index (χ3v) is 3.65. The lowest BCUT2D eigenvalue weighted by molar-refractivity contribution is 0.0723. The topological polar surface area (TPSA) is 45.2 Å². The Kier molecular flexibility index (Phi) is 4.91. The highest BCUT2D eigenvalue weighted by atomic mass is 16.2. The highest BCUT2D eigenvalue weighted by Gasteiger charge is 2.21. The number of amides is 1. The number of rotatable bonds is 4. The van der Waals surface area contributed by atoms with Crippen molar-refractivity contribution in [3.63, 3.8) is 0 Å². The van der Waals surface area contributed by atoms with Crippen LogP contribution in [0.5, 0.6) is 0 Å². The quantitative estimate of drug-likeness (QED) is 0.899. The number of aromatic nitrogens is 1. The first kappa shape index (κ1) is 14.0. The average Bonchev–Trinajstić information content (AvgIpc) is 2.45. The molecule has 1 aromatic rings. The summed E-state index contributed by atoms with van der Waals surface area (Å²) in [7, 11) is 0. The van der Waals surface area contributed by atoms with Crippen LogP contribution >= 0.6 is 0 Å². The van der Waals surface area contributed by atoms with Gasteiger partial charge in [-0.2, -0.15) is 0 Å². The molecule has 1 fully saturated rings. The molecule has 0 spiro atoms. The maximum atomic E-state index is 12.4. The van der Waals surface area contributed by atoms with E-state index in [1.165, 1.54) is 12.8 Å². The van der Waals surface area contributed by atoms with Crippen molar-refractivity contribution in [1.29, 1.82) is 0 Å². The third-order valence-electron chi connectivity index (χ3n) is 3.65. The normalized spacial score (nSPS) is 19.2. The lowest BCUT2D eigenvalue weighted by atomic mass is 9.99. The number of hydrogen-bond donors (Lipinski definition) is 1. The third kappa shape index (κ3) is 3.77. The second kappa shape index (κ2) is 6.66. The summed E-state index contributed by atoms with van der Waals surface area (Å²) in [5, 5.41) is 3.40. The Hall–Kier alpha value is -1.42. The van der Waals surface area contributed by atoms with E-state index in [9.17, 15) is 4.79 Å². The molecule has 4 heteroatoms. The Morgan fingerprint density at radius 2 is 2.37 bits per heavy atom. The Labute approximate surface area is 115 Å². The molecule has 104 valence electrons. The minimum Gasteiger partial charge on any atom is -0.337 e. The van der Waals surface area contributed by atoms with Crippen LogP contribution in [0, 0.1) is 12.8 Å². The number of carbonyl (C=O) groups is 1. The van der Waals surface area contributed by atoms with Crippen LogP contribution in [0.15, 0.2) is 18.2 Å². The molecule has 0 saturated carbocycles. The van der Waals surface area contributed by atoms with Crippen molar-refractivity contribution in [1.82, 2.24) is 15.2 Å². The van der Waals surface area contributed by atoms with Crippen LogP contribution in [0.3, 0.4) is 0 Å². The number of aryl methyl sites for hydroxylation is 1. The van der Waals surface area contributed by atoms with Crippen LogP contribution in [-0.4, -0.2) is 42.0 Å². The SMILES string of the molecule is CCN(CC1CCCNC1)C(=O)c1cccc(C)n1. The molecule has 19 heavy (non-hydrogen) atoms. The van der Waals surface area contributed by atoms with E-state index in [2.05, 4.69) is 10.3 Å². The van der Waals surface area contributed by atoms with Crippen molar-refractivity contribution in [2.24, 2.45) is 5.92 Å². The number of nitrogens with one attached hydrogen (secondary N) is 1. The Balaban J connectivity index is 2.02. The van der Waals surface area contributed by atoms with E-state index < -0.39 is 0 Å². The Morgan fingerprint density at radius 1 is 1.53 bits per heavy atom. The van der Waals surface area contributed by atoms with Crippen LogP contribution in [0.4, 0.5) is 0 Å². The molecular formula is C15H23N3O. The highest BCUT2D eigenvalue weighted by molar-refractivity contribution is 5.92. The molecule has 1 unspecified atom stereocenters. The van der Waals surface area contributed by atoms with Gasteiger partial charge >= 0.3 is 0 Å². The van der Waals surface area contributed by atoms with Gasteiger partial charge in [-0.3, -0.25) is 4.79 Å². The zero-order valence-electron chi connectivity index (χ0n) is 11.9. The Morgan fingerprint density at radius 3 is 3.00 bits per heavy atom. The van der Waals surface area contributed by atoms with Gasteiger partial charge in [0.15, 0.2) is 0 Å². The molecule has 1 atom stereocenters. The van der Waals surface area contributed by atoms with Gasteiger partial charge in [0.05, 0.1) is 0 Å². The number of hydrogen-bond acceptors (Lipinski definition) is 3. The van der Waals surface area contributed by atoms with Gasteiger partial charge in [0.2, 0.25) is 0 Å². The lowest BCUT2D eigenvalue weighted by Gasteiger charge is -2.29. The standard InChI is InChI=1S/C15H23N3O/c1-3-18(11-13-7-5-9-16-10-13)15(19)14-8-4-6-12(2)17-14/h4,6,8,13,16H,3,5,7,9-11H2,1-2H3. The van der Waals surface area contributed by atoms with Crippen LogP contribution < -0.4 is 5.32 Å². The second-order valence-corrected chi connectivity index (χ2v) is 5.22. The summed E-state index contributed by atoms with van der Waals surface area (Å²) < 4.78 is 0. The summed E-state index contributed by atoms with van der Waals surface area (Å²) in [6, 6.07) is 5.61. The van der Waals surface area contributed by atoms with Crippen LogP contribution in [0.2, 0.25) is 0 Å². The molecule has 1 saturated heterocycles. The fraction of sp³-hybridized carbons (Fsp3) is 0.600. The van der Waals surface area contributed by atoms with Crippen molar-refractivity contribution in [3.8, 4) is 0 Å². The second-order valence-electron chi connectivity index (χ2n) is 5.22. The maximum Gasteiger partial charge on any atom is 0.272 e. The lowest BCUT2D eigenvalue weighted by Crippen LogP contribution is -2.41. The van der Waals surface area contributed by atoms with Gasteiger partial charge in [-0.05, 0) is 57.8 Å². The minimum absolute atomic E-state index is 0.0526. The van der Waals surface area contributed by atoms with E-state index in [1.54, 1.807) is 6.07 Å². The predicted octanol–water partition coefficient (Wildman–Crippen LogP) is 1.85. The number of pyridine rings is 1. The van der Waals surface area contributed by atoms with Crippen molar-refractivity contribution >= 4 is 5.91 Å². The molecule has 2 heterocycles. The fourth-order valence-electron chi connectivity index (χ4n) is 2.57. The summed E-state index contributed by atoms with van der Waals surface area (Å²) in [5.41, 5.74) is 1.45. The summed E-state index contributed by atoms with van der Waals surface area (Å²) in [6.07, 6.45) is 2.41. The van der Waals surface area contributed by atoms with E-state index >= 15 is 0 Å². The summed E-state index contributed by atoms with van der Waals surface area (Å²) in [5.74, 6) is 0.624. The average molecular weight is 261 g/mol. The largest absolute Gasteiger partial charge is 0.337 e. The first-order valence-corrected chi connectivity index (χ1v) is 7.14. The molecular weight excluding hydrogens is 238 g/mol. The van der Waals surface area contributed by atoms with Gasteiger partial charge in [0.25, 0.3) is 5.91 Å². The molecule has 1 aliphatic heterocycles. The van der Waals surface area contributed by atoms with Gasteiger partial charge in [-0.25, -0.2) is 4.98 Å². The van der Waals surface area contributed by atoms with E-state index in [1.807, 2.05) is 30.9 Å². The maximum absolute atomic E-state index is 12.4. The summed E-state index contributed by atoms with van der Waals surface area (Å²) in [4.78, 5) is 18.7. The van der Waals surface area contributed by atoms with Crippen molar-refractivity contribution in [2.75, 3.05) is 26.2 Å². The molecule has 1 aliphatic rings. The molecule has 4 nitrogen and oxygen atoms in total. The molecule has 1 aromatic heterocycles. The van der Waals surface area contributed by atoms with E-state index in [0.717, 1.165) is 31.9 Å². The van der Waals surface area contributed by atoms with Crippen LogP contribution in [-0.2, 0) is 0 Å². The zero-order chi connectivity index (χ0) is 13.7. The van der Waals surface area contributed by atoms with Crippen molar-refractivity contribution in [2.45, 2.75) is 26.7 Å². The predicted molar refractivity (Wildman–Crippen MR) is 76.1 cm³/mol. The van der Waals surface area contributed by atoms with E-state index in [0.29, 0.717) is 11.6 Å². The highest BCUT2D eigenvalue weighted by Crippen LogP contribution is 2.13. The first-order valence-electron chi connectivity index (χ1n) is 7.14. The van der Waals surface area contributed by atoms with Gasteiger partial charge in [0.1, 0.15) is 5.69 Å². The van der Waals surface area contributed by atoms with Crippen molar-refractivity contribution < 1.29 is 4.79 Å². The molecule has 0 radical (unpaired) electrons. The summed E-state index contributed by atoms with van der Waals surface area (Å²) in [6.45, 7) is 7.64. The van der Waals surface area contributed by atoms with E-state index in [4.69, 9.17) is 0 Å². The van der Waals surface area contributed by atoms with Gasteiger partial charge in [0, 0.05) is 18.8 Å². The minimum atomic E-state index is 0.0526. The zero-order valence-corrected chi connectivity index (χ0v) is 11.9. The Bertz CT molecular complexity index is 427. The van der Waals surface area contributed by atoms with E-state index in [-0.39, 0.29) is 5.91 Å².